The maximum absolute atomic E-state index is 11.4. The highest BCUT2D eigenvalue weighted by Gasteiger charge is 2.10. The molecule has 0 amide bonds. The predicted octanol–water partition coefficient (Wildman–Crippen LogP) is 1.55. The molecule has 0 saturated carbocycles. The van der Waals surface area contributed by atoms with Crippen LogP contribution < -0.4 is 0 Å². The predicted molar refractivity (Wildman–Crippen MR) is 54.7 cm³/mol. The normalized spacial score (nSPS) is 10.3. The molecule has 0 aliphatic heterocycles. The van der Waals surface area contributed by atoms with E-state index in [2.05, 4.69) is 4.98 Å². The van der Waals surface area contributed by atoms with Crippen LogP contribution in [-0.4, -0.2) is 21.8 Å². The number of ketones is 1. The number of carbonyl (C=O) groups excluding carboxylic acids is 1. The number of hydrogen-bond donors (Lipinski definition) is 1. The maximum atomic E-state index is 11.4. The molecule has 0 aliphatic carbocycles. The molecule has 1 rings (SSSR count). The second kappa shape index (κ2) is 4.68. The Hall–Kier alpha value is -1.71. The minimum Gasteiger partial charge on any atom is -0.478 e. The largest absolute Gasteiger partial charge is 0.478 e. The quantitative estimate of drug-likeness (QED) is 0.813. The number of carboxylic acids is 1. The summed E-state index contributed by atoms with van der Waals surface area (Å²) in [4.78, 5) is 26.0. The monoisotopic (exact) mass is 207 g/mol. The van der Waals surface area contributed by atoms with Gasteiger partial charge in [0.2, 0.25) is 0 Å². The molecule has 0 aliphatic rings. The number of nitrogens with zero attached hydrogens (tertiary/aromatic N) is 1. The van der Waals surface area contributed by atoms with Crippen LogP contribution in [0.4, 0.5) is 0 Å². The molecule has 4 nitrogen and oxygen atoms in total. The van der Waals surface area contributed by atoms with E-state index >= 15 is 0 Å². The molecule has 0 radical (unpaired) electrons. The molecule has 80 valence electrons. The zero-order chi connectivity index (χ0) is 11.4. The standard InChI is InChI=1S/C11H13NO3/c1-7(2)10(13)6-9-5-8(11(14)15)3-4-12-9/h3-5,7H,6H2,1-2H3,(H,14,15). The van der Waals surface area contributed by atoms with Crippen molar-refractivity contribution in [1.29, 1.82) is 0 Å². The van der Waals surface area contributed by atoms with Crippen LogP contribution in [0.25, 0.3) is 0 Å². The molecule has 4 heteroatoms. The smallest absolute Gasteiger partial charge is 0.335 e. The van der Waals surface area contributed by atoms with Crippen LogP contribution in [0.1, 0.15) is 29.9 Å². The van der Waals surface area contributed by atoms with Crippen LogP contribution in [0.3, 0.4) is 0 Å². The number of Topliss-reactive ketones (excluding diaryl/α,β-unsaturated/α-hetero) is 1. The first kappa shape index (κ1) is 11.4. The van der Waals surface area contributed by atoms with Crippen LogP contribution in [-0.2, 0) is 11.2 Å². The fourth-order valence-electron chi connectivity index (χ4n) is 1.09. The van der Waals surface area contributed by atoms with Crippen molar-refractivity contribution in [3.05, 3.63) is 29.6 Å². The second-order valence-corrected chi connectivity index (χ2v) is 3.64. The Morgan fingerprint density at radius 3 is 2.67 bits per heavy atom. The molecule has 1 N–H and O–H groups in total. The zero-order valence-corrected chi connectivity index (χ0v) is 8.73. The van der Waals surface area contributed by atoms with Gasteiger partial charge in [-0.05, 0) is 12.1 Å². The van der Waals surface area contributed by atoms with Crippen LogP contribution in [0.2, 0.25) is 0 Å². The summed E-state index contributed by atoms with van der Waals surface area (Å²) in [6.45, 7) is 3.62. The van der Waals surface area contributed by atoms with Gasteiger partial charge in [-0.1, -0.05) is 13.8 Å². The van der Waals surface area contributed by atoms with Crippen molar-refractivity contribution in [2.75, 3.05) is 0 Å². The Balaban J connectivity index is 2.83. The average Bonchev–Trinajstić information content (AvgIpc) is 2.18. The van der Waals surface area contributed by atoms with Crippen molar-refractivity contribution >= 4 is 11.8 Å². The van der Waals surface area contributed by atoms with Crippen molar-refractivity contribution in [2.24, 2.45) is 5.92 Å². The van der Waals surface area contributed by atoms with Gasteiger partial charge in [0, 0.05) is 24.2 Å². The van der Waals surface area contributed by atoms with Gasteiger partial charge in [0.15, 0.2) is 0 Å². The lowest BCUT2D eigenvalue weighted by Gasteiger charge is -2.03. The highest BCUT2D eigenvalue weighted by molar-refractivity contribution is 5.88. The van der Waals surface area contributed by atoms with Gasteiger partial charge in [-0.15, -0.1) is 0 Å². The van der Waals surface area contributed by atoms with E-state index in [4.69, 9.17) is 5.11 Å². The van der Waals surface area contributed by atoms with Gasteiger partial charge < -0.3 is 5.11 Å². The molecule has 1 aromatic rings. The summed E-state index contributed by atoms with van der Waals surface area (Å²) in [7, 11) is 0. The molecular formula is C11H13NO3. The molecule has 15 heavy (non-hydrogen) atoms. The van der Waals surface area contributed by atoms with E-state index in [-0.39, 0.29) is 23.7 Å². The van der Waals surface area contributed by atoms with Gasteiger partial charge in [-0.25, -0.2) is 4.79 Å². The van der Waals surface area contributed by atoms with Gasteiger partial charge in [0.1, 0.15) is 5.78 Å². The highest BCUT2D eigenvalue weighted by Crippen LogP contribution is 2.06. The van der Waals surface area contributed by atoms with E-state index in [1.165, 1.54) is 18.3 Å². The molecule has 0 bridgehead atoms. The van der Waals surface area contributed by atoms with Gasteiger partial charge >= 0.3 is 5.97 Å². The van der Waals surface area contributed by atoms with E-state index in [9.17, 15) is 9.59 Å². The number of pyridine rings is 1. The molecule has 0 atom stereocenters. The van der Waals surface area contributed by atoms with E-state index < -0.39 is 5.97 Å². The summed E-state index contributed by atoms with van der Waals surface area (Å²) in [5.41, 5.74) is 0.671. The zero-order valence-electron chi connectivity index (χ0n) is 8.73. The van der Waals surface area contributed by atoms with Crippen LogP contribution in [0.5, 0.6) is 0 Å². The topological polar surface area (TPSA) is 67.3 Å². The summed E-state index contributed by atoms with van der Waals surface area (Å²) in [6, 6.07) is 2.84. The third-order valence-corrected chi connectivity index (χ3v) is 2.06. The lowest BCUT2D eigenvalue weighted by Crippen LogP contribution is -2.11. The van der Waals surface area contributed by atoms with E-state index in [0.717, 1.165) is 0 Å². The summed E-state index contributed by atoms with van der Waals surface area (Å²) < 4.78 is 0. The number of aromatic carboxylic acids is 1. The molecule has 0 aromatic carbocycles. The van der Waals surface area contributed by atoms with Crippen molar-refractivity contribution in [1.82, 2.24) is 4.98 Å². The van der Waals surface area contributed by atoms with Crippen LogP contribution >= 0.6 is 0 Å². The Morgan fingerprint density at radius 1 is 1.47 bits per heavy atom. The second-order valence-electron chi connectivity index (χ2n) is 3.64. The number of carboxylic acid groups (broad SMARTS) is 1. The number of hydrogen-bond acceptors (Lipinski definition) is 3. The fraction of sp³-hybridized carbons (Fsp3) is 0.364. The van der Waals surface area contributed by atoms with Crippen LogP contribution in [0, 0.1) is 5.92 Å². The van der Waals surface area contributed by atoms with E-state index in [0.29, 0.717) is 5.69 Å². The van der Waals surface area contributed by atoms with Crippen molar-refractivity contribution < 1.29 is 14.7 Å². The van der Waals surface area contributed by atoms with Crippen molar-refractivity contribution in [2.45, 2.75) is 20.3 Å². The Bertz CT molecular complexity index is 385. The minimum atomic E-state index is -1.00. The van der Waals surface area contributed by atoms with Gasteiger partial charge in [-0.2, -0.15) is 0 Å². The fourth-order valence-corrected chi connectivity index (χ4v) is 1.09. The molecule has 0 unspecified atom stereocenters. The number of rotatable bonds is 4. The molecule has 1 heterocycles. The lowest BCUT2D eigenvalue weighted by molar-refractivity contribution is -0.121. The Morgan fingerprint density at radius 2 is 2.13 bits per heavy atom. The SMILES string of the molecule is CC(C)C(=O)Cc1cc(C(=O)O)ccn1. The van der Waals surface area contributed by atoms with Gasteiger partial charge in [0.25, 0.3) is 0 Å². The Kier molecular flexibility index (Phi) is 3.55. The molecular weight excluding hydrogens is 194 g/mol. The Labute approximate surface area is 88.0 Å². The minimum absolute atomic E-state index is 0.0553. The number of carbonyl (C=O) groups is 2. The molecule has 0 spiro atoms. The first-order valence-corrected chi connectivity index (χ1v) is 4.71. The summed E-state index contributed by atoms with van der Waals surface area (Å²) in [5.74, 6) is -0.999. The number of aromatic nitrogens is 1. The molecule has 0 saturated heterocycles. The first-order chi connectivity index (χ1) is 7.00. The van der Waals surface area contributed by atoms with E-state index in [1.807, 2.05) is 13.8 Å². The summed E-state index contributed by atoms with van der Waals surface area (Å²) >= 11 is 0. The van der Waals surface area contributed by atoms with Crippen molar-refractivity contribution in [3.8, 4) is 0 Å². The van der Waals surface area contributed by atoms with E-state index in [1.54, 1.807) is 0 Å². The summed E-state index contributed by atoms with van der Waals surface area (Å²) in [5, 5.41) is 8.74. The average molecular weight is 207 g/mol. The maximum Gasteiger partial charge on any atom is 0.335 e. The van der Waals surface area contributed by atoms with Crippen LogP contribution in [0.15, 0.2) is 18.3 Å². The third-order valence-electron chi connectivity index (χ3n) is 2.06. The lowest BCUT2D eigenvalue weighted by atomic mass is 10.0. The first-order valence-electron chi connectivity index (χ1n) is 4.71. The summed E-state index contributed by atoms with van der Waals surface area (Å²) in [6.07, 6.45) is 1.60. The van der Waals surface area contributed by atoms with Crippen molar-refractivity contribution in [3.63, 3.8) is 0 Å². The van der Waals surface area contributed by atoms with Gasteiger partial charge in [-0.3, -0.25) is 9.78 Å². The van der Waals surface area contributed by atoms with Gasteiger partial charge in [0.05, 0.1) is 5.56 Å². The highest BCUT2D eigenvalue weighted by atomic mass is 16.4. The molecule has 0 fully saturated rings. The third kappa shape index (κ3) is 3.16. The molecule has 1 aromatic heterocycles.